The van der Waals surface area contributed by atoms with E-state index in [9.17, 15) is 14.0 Å². The summed E-state index contributed by atoms with van der Waals surface area (Å²) in [5.41, 5.74) is 0.382. The molecule has 0 aliphatic heterocycles. The predicted molar refractivity (Wildman–Crippen MR) is 65.1 cm³/mol. The van der Waals surface area contributed by atoms with E-state index in [0.717, 1.165) is 0 Å². The maximum Gasteiger partial charge on any atom is 0.303 e. The van der Waals surface area contributed by atoms with Crippen LogP contribution in [0.2, 0.25) is 0 Å². The molecular weight excluding hydrogens is 237 g/mol. The topological polar surface area (TPSA) is 66.4 Å². The minimum atomic E-state index is -0.940. The van der Waals surface area contributed by atoms with Crippen LogP contribution in [0.3, 0.4) is 0 Å². The summed E-state index contributed by atoms with van der Waals surface area (Å²) in [7, 11) is 0. The molecule has 98 valence electrons. The van der Waals surface area contributed by atoms with Crippen molar-refractivity contribution >= 4 is 11.8 Å². The number of benzene rings is 1. The highest BCUT2D eigenvalue weighted by atomic mass is 19.1. The molecule has 0 saturated heterocycles. The second-order valence-electron chi connectivity index (χ2n) is 3.91. The van der Waals surface area contributed by atoms with Crippen molar-refractivity contribution in [3.05, 3.63) is 35.6 Å². The Hall–Kier alpha value is -1.75. The molecule has 0 amide bonds. The number of likely N-dealkylation sites (N-methyl/N-ethyl adjacent to an activating group) is 1. The lowest BCUT2D eigenvalue weighted by molar-refractivity contribution is -0.137. The number of carbonyl (C=O) groups excluding carboxylic acids is 1. The van der Waals surface area contributed by atoms with E-state index in [4.69, 9.17) is 5.11 Å². The number of halogens is 1. The van der Waals surface area contributed by atoms with Crippen LogP contribution < -0.4 is 5.32 Å². The normalized spacial score (nSPS) is 12.1. The van der Waals surface area contributed by atoms with Crippen LogP contribution in [0.4, 0.5) is 4.39 Å². The van der Waals surface area contributed by atoms with Gasteiger partial charge in [-0.25, -0.2) is 4.39 Å². The van der Waals surface area contributed by atoms with Gasteiger partial charge in [0.05, 0.1) is 6.04 Å². The van der Waals surface area contributed by atoms with Gasteiger partial charge in [0.2, 0.25) is 0 Å². The average molecular weight is 253 g/mol. The van der Waals surface area contributed by atoms with Crippen molar-refractivity contribution in [2.45, 2.75) is 25.8 Å². The van der Waals surface area contributed by atoms with E-state index >= 15 is 0 Å². The molecule has 1 aromatic carbocycles. The van der Waals surface area contributed by atoms with E-state index in [1.807, 2.05) is 6.92 Å². The number of carboxylic acid groups (broad SMARTS) is 1. The van der Waals surface area contributed by atoms with Crippen LogP contribution in [-0.4, -0.2) is 29.4 Å². The van der Waals surface area contributed by atoms with Crippen LogP contribution in [0.15, 0.2) is 24.3 Å². The van der Waals surface area contributed by atoms with Gasteiger partial charge in [0, 0.05) is 12.0 Å². The van der Waals surface area contributed by atoms with E-state index in [0.29, 0.717) is 12.1 Å². The molecule has 0 fully saturated rings. The summed E-state index contributed by atoms with van der Waals surface area (Å²) in [6, 6.07) is 4.70. The number of Topliss-reactive ketones (excluding diaryl/α,β-unsaturated/α-hetero) is 1. The van der Waals surface area contributed by atoms with Gasteiger partial charge in [0.25, 0.3) is 0 Å². The van der Waals surface area contributed by atoms with E-state index in [1.54, 1.807) is 0 Å². The fourth-order valence-electron chi connectivity index (χ4n) is 1.66. The van der Waals surface area contributed by atoms with Crippen LogP contribution in [0, 0.1) is 5.82 Å². The third-order valence-electron chi connectivity index (χ3n) is 2.54. The zero-order valence-electron chi connectivity index (χ0n) is 10.1. The molecule has 0 aliphatic carbocycles. The molecule has 1 rings (SSSR count). The minimum absolute atomic E-state index is 0.0788. The second kappa shape index (κ2) is 6.86. The Morgan fingerprint density at radius 3 is 2.44 bits per heavy atom. The number of ketones is 1. The molecule has 5 heteroatoms. The number of nitrogens with one attached hydrogen (secondary N) is 1. The Morgan fingerprint density at radius 1 is 1.33 bits per heavy atom. The Balaban J connectivity index is 2.75. The molecule has 0 aliphatic rings. The van der Waals surface area contributed by atoms with Gasteiger partial charge in [-0.05, 0) is 37.2 Å². The molecule has 0 bridgehead atoms. The Morgan fingerprint density at radius 2 is 1.94 bits per heavy atom. The van der Waals surface area contributed by atoms with Crippen LogP contribution in [0.25, 0.3) is 0 Å². The summed E-state index contributed by atoms with van der Waals surface area (Å²) in [4.78, 5) is 22.6. The lowest BCUT2D eigenvalue weighted by atomic mass is 10.00. The summed E-state index contributed by atoms with van der Waals surface area (Å²) in [5, 5.41) is 11.6. The first-order valence-corrected chi connectivity index (χ1v) is 5.79. The molecule has 1 aromatic rings. The smallest absolute Gasteiger partial charge is 0.303 e. The lowest BCUT2D eigenvalue weighted by Gasteiger charge is -2.15. The van der Waals surface area contributed by atoms with Gasteiger partial charge in [-0.15, -0.1) is 0 Å². The largest absolute Gasteiger partial charge is 0.481 e. The monoisotopic (exact) mass is 253 g/mol. The highest BCUT2D eigenvalue weighted by Crippen LogP contribution is 2.09. The zero-order valence-corrected chi connectivity index (χ0v) is 10.1. The first kappa shape index (κ1) is 14.3. The highest BCUT2D eigenvalue weighted by Gasteiger charge is 2.19. The van der Waals surface area contributed by atoms with Gasteiger partial charge in [-0.1, -0.05) is 6.92 Å². The number of carbonyl (C=O) groups is 2. The number of rotatable bonds is 7. The molecular formula is C13H16FNO3. The SMILES string of the molecule is CCNC(CCC(=O)O)C(=O)c1ccc(F)cc1. The van der Waals surface area contributed by atoms with Gasteiger partial charge in [0.1, 0.15) is 5.82 Å². The summed E-state index contributed by atoms with van der Waals surface area (Å²) in [5.74, 6) is -1.56. The lowest BCUT2D eigenvalue weighted by Crippen LogP contribution is -2.37. The first-order valence-electron chi connectivity index (χ1n) is 5.79. The quantitative estimate of drug-likeness (QED) is 0.728. The van der Waals surface area contributed by atoms with E-state index in [1.165, 1.54) is 24.3 Å². The molecule has 0 saturated carbocycles. The van der Waals surface area contributed by atoms with Crippen molar-refractivity contribution in [3.63, 3.8) is 0 Å². The van der Waals surface area contributed by atoms with Crippen molar-refractivity contribution in [1.29, 1.82) is 0 Å². The summed E-state index contributed by atoms with van der Waals surface area (Å²) in [6.07, 6.45) is 0.143. The Labute approximate surface area is 105 Å². The molecule has 4 nitrogen and oxygen atoms in total. The summed E-state index contributed by atoms with van der Waals surface area (Å²) in [6.45, 7) is 2.41. The van der Waals surface area contributed by atoms with Gasteiger partial charge < -0.3 is 10.4 Å². The van der Waals surface area contributed by atoms with Crippen molar-refractivity contribution in [3.8, 4) is 0 Å². The van der Waals surface area contributed by atoms with Crippen molar-refractivity contribution in [2.24, 2.45) is 0 Å². The molecule has 0 aromatic heterocycles. The van der Waals surface area contributed by atoms with E-state index < -0.39 is 17.8 Å². The van der Waals surface area contributed by atoms with Crippen LogP contribution in [0.5, 0.6) is 0 Å². The molecule has 0 spiro atoms. The van der Waals surface area contributed by atoms with Crippen LogP contribution in [0.1, 0.15) is 30.1 Å². The zero-order chi connectivity index (χ0) is 13.5. The van der Waals surface area contributed by atoms with Crippen LogP contribution >= 0.6 is 0 Å². The van der Waals surface area contributed by atoms with E-state index in [-0.39, 0.29) is 18.6 Å². The number of carboxylic acids is 1. The second-order valence-corrected chi connectivity index (χ2v) is 3.91. The molecule has 18 heavy (non-hydrogen) atoms. The van der Waals surface area contributed by atoms with Gasteiger partial charge in [0.15, 0.2) is 5.78 Å². The maximum absolute atomic E-state index is 12.7. The van der Waals surface area contributed by atoms with E-state index in [2.05, 4.69) is 5.32 Å². The predicted octanol–water partition coefficient (Wildman–Crippen LogP) is 1.85. The van der Waals surface area contributed by atoms with Gasteiger partial charge in [-0.3, -0.25) is 9.59 Å². The molecule has 1 unspecified atom stereocenters. The fourth-order valence-corrected chi connectivity index (χ4v) is 1.66. The number of aliphatic carboxylic acids is 1. The summed E-state index contributed by atoms with van der Waals surface area (Å²) >= 11 is 0. The van der Waals surface area contributed by atoms with Crippen molar-refractivity contribution in [1.82, 2.24) is 5.32 Å². The molecule has 0 heterocycles. The standard InChI is InChI=1S/C13H16FNO3/c1-2-15-11(7-8-12(16)17)13(18)9-3-5-10(14)6-4-9/h3-6,11,15H,2,7-8H2,1H3,(H,16,17). The average Bonchev–Trinajstić information content (AvgIpc) is 2.34. The Kier molecular flexibility index (Phi) is 5.45. The van der Waals surface area contributed by atoms with Crippen LogP contribution in [-0.2, 0) is 4.79 Å². The number of hydrogen-bond acceptors (Lipinski definition) is 3. The molecule has 1 atom stereocenters. The third kappa shape index (κ3) is 4.25. The van der Waals surface area contributed by atoms with Crippen molar-refractivity contribution in [2.75, 3.05) is 6.54 Å². The Bertz CT molecular complexity index is 417. The molecule has 2 N–H and O–H groups in total. The number of hydrogen-bond donors (Lipinski definition) is 2. The fraction of sp³-hybridized carbons (Fsp3) is 0.385. The molecule has 0 radical (unpaired) electrons. The third-order valence-corrected chi connectivity index (χ3v) is 2.54. The van der Waals surface area contributed by atoms with Gasteiger partial charge >= 0.3 is 5.97 Å². The van der Waals surface area contributed by atoms with Gasteiger partial charge in [-0.2, -0.15) is 0 Å². The maximum atomic E-state index is 12.7. The minimum Gasteiger partial charge on any atom is -0.481 e. The highest BCUT2D eigenvalue weighted by molar-refractivity contribution is 6.00. The van der Waals surface area contributed by atoms with Crippen molar-refractivity contribution < 1.29 is 19.1 Å². The first-order chi connectivity index (χ1) is 8.54. The summed E-state index contributed by atoms with van der Waals surface area (Å²) < 4.78 is 12.7.